The van der Waals surface area contributed by atoms with Crippen LogP contribution in [0, 0.1) is 0 Å². The molecule has 0 amide bonds. The van der Waals surface area contributed by atoms with E-state index in [4.69, 9.17) is 43.0 Å². The minimum absolute atomic E-state index is 1.92. The van der Waals surface area contributed by atoms with E-state index in [0.717, 1.165) is 0 Å². The van der Waals surface area contributed by atoms with Crippen LogP contribution in [0.1, 0.15) is 0 Å². The summed E-state index contributed by atoms with van der Waals surface area (Å²) in [4.78, 5) is 0. The molecule has 0 rings (SSSR count). The van der Waals surface area contributed by atoms with Crippen LogP contribution in [-0.4, -0.2) is 22.4 Å². The van der Waals surface area contributed by atoms with Gasteiger partial charge in [0.15, 0.2) is 0 Å². The molecule has 8 heteroatoms. The average molecular weight is 216 g/mol. The van der Waals surface area contributed by atoms with Gasteiger partial charge in [-0.2, -0.15) is 0 Å². The first-order valence-electron chi connectivity index (χ1n) is 1.34. The predicted molar refractivity (Wildman–Crippen MR) is 30.0 cm³/mol. The second kappa shape index (κ2) is 8.53. The Hall–Kier alpha value is 1.53. The molecule has 0 bridgehead atoms. The predicted octanol–water partition coefficient (Wildman–Crippen LogP) is 0.0142. The van der Waals surface area contributed by atoms with Gasteiger partial charge in [-0.25, -0.2) is 0 Å². The fourth-order valence-corrected chi connectivity index (χ4v) is 0. The molecule has 0 aromatic heterocycles. The topological polar surface area (TPSA) is 60.7 Å². The van der Waals surface area contributed by atoms with Crippen molar-refractivity contribution in [3.63, 3.8) is 0 Å². The number of hydrogen-bond donors (Lipinski definition) is 3. The molecule has 0 saturated heterocycles. The molecular weight excluding hydrogens is 213 g/mol. The Morgan fingerprint density at radius 3 is 1.00 bits per heavy atom. The van der Waals surface area contributed by atoms with Crippen LogP contribution >= 0.6 is 27.9 Å². The van der Waals surface area contributed by atoms with Gasteiger partial charge in [0.25, 0.3) is 0 Å². The summed E-state index contributed by atoms with van der Waals surface area (Å²) in [5, 5.41) is 21.5. The molecule has 0 aliphatic carbocycles. The Morgan fingerprint density at radius 2 is 1.00 bits per heavy atom. The molecule has 3 N–H and O–H groups in total. The Bertz CT molecular complexity index is 30.0. The summed E-state index contributed by atoms with van der Waals surface area (Å²) in [5.41, 5.74) is 0. The first kappa shape index (κ1) is 12.2. The molecule has 0 heterocycles. The molecule has 3 nitrogen and oxygen atoms in total. The molecule has 0 unspecified atom stereocenters. The van der Waals surface area contributed by atoms with Crippen LogP contribution < -0.4 is 0 Å². The molecule has 0 fully saturated rings. The van der Waals surface area contributed by atoms with Gasteiger partial charge in [-0.3, -0.25) is 0 Å². The van der Waals surface area contributed by atoms with Crippen LogP contribution in [0.4, 0.5) is 0 Å². The normalized spacial score (nSPS) is 6.75. The fraction of sp³-hybridized carbons (Fsp3) is 0. The van der Waals surface area contributed by atoms with Gasteiger partial charge in [-0.05, 0) is 0 Å². The summed E-state index contributed by atoms with van der Waals surface area (Å²) in [6.07, 6.45) is 0. The van der Waals surface area contributed by atoms with Gasteiger partial charge in [0.1, 0.15) is 0 Å². The number of rotatable bonds is 0. The quantitative estimate of drug-likeness (QED) is 0.500. The van der Waals surface area contributed by atoms with E-state index in [9.17, 15) is 0 Å². The van der Waals surface area contributed by atoms with Crippen molar-refractivity contribution in [2.45, 2.75) is 0 Å². The molecule has 0 radical (unpaired) electrons. The van der Waals surface area contributed by atoms with Crippen LogP contribution in [-0.2, 0) is 14.7 Å². The summed E-state index contributed by atoms with van der Waals surface area (Å²) in [6.45, 7) is 0. The van der Waals surface area contributed by atoms with Crippen LogP contribution in [0.2, 0.25) is 0 Å². The maximum absolute atomic E-state index is 7.17. The first-order valence-corrected chi connectivity index (χ1v) is 7.79. The van der Waals surface area contributed by atoms with Gasteiger partial charge >= 0.3 is 49.9 Å². The SMILES string of the molecule is OB(O)O.[Cl][Ti]([Cl])[Cl]. The second-order valence-corrected chi connectivity index (χ2v) is 8.30. The zero-order valence-electron chi connectivity index (χ0n) is 3.55. The van der Waals surface area contributed by atoms with Gasteiger partial charge < -0.3 is 15.1 Å². The van der Waals surface area contributed by atoms with Crippen molar-refractivity contribution in [3.05, 3.63) is 0 Å². The molecule has 0 atom stereocenters. The Balaban J connectivity index is 0. The van der Waals surface area contributed by atoms with Gasteiger partial charge in [0.05, 0.1) is 0 Å². The summed E-state index contributed by atoms with van der Waals surface area (Å²) < 4.78 is 0. The molecule has 0 aromatic carbocycles. The minimum atomic E-state index is -2.17. The summed E-state index contributed by atoms with van der Waals surface area (Å²) in [5.74, 6) is 0. The molecule has 0 aliphatic rings. The van der Waals surface area contributed by atoms with Crippen LogP contribution in [0.25, 0.3) is 0 Å². The van der Waals surface area contributed by atoms with Gasteiger partial charge in [0, 0.05) is 0 Å². The molecular formula is H3BCl3O3Ti. The molecule has 0 saturated carbocycles. The third-order valence-electron chi connectivity index (χ3n) is 0. The van der Waals surface area contributed by atoms with Crippen molar-refractivity contribution in [1.29, 1.82) is 0 Å². The Kier molecular flexibility index (Phi) is 13.0. The van der Waals surface area contributed by atoms with Crippen LogP contribution in [0.5, 0.6) is 0 Å². The summed E-state index contributed by atoms with van der Waals surface area (Å²) in [7, 11) is 12.7. The van der Waals surface area contributed by atoms with Crippen molar-refractivity contribution < 1.29 is 29.8 Å². The second-order valence-electron chi connectivity index (χ2n) is 0.561. The third-order valence-corrected chi connectivity index (χ3v) is 0. The van der Waals surface area contributed by atoms with E-state index in [1.807, 2.05) is 0 Å². The Morgan fingerprint density at radius 1 is 1.00 bits per heavy atom. The van der Waals surface area contributed by atoms with Crippen LogP contribution in [0.3, 0.4) is 0 Å². The molecule has 49 valence electrons. The Labute approximate surface area is 64.8 Å². The van der Waals surface area contributed by atoms with Crippen molar-refractivity contribution in [2.24, 2.45) is 0 Å². The van der Waals surface area contributed by atoms with Crippen LogP contribution in [0.15, 0.2) is 0 Å². The number of hydrogen-bond acceptors (Lipinski definition) is 3. The zero-order valence-corrected chi connectivity index (χ0v) is 7.38. The third kappa shape index (κ3) is 137. The van der Waals surface area contributed by atoms with Gasteiger partial charge in [0.2, 0.25) is 0 Å². The maximum atomic E-state index is 7.17. The van der Waals surface area contributed by atoms with E-state index in [1.54, 1.807) is 0 Å². The van der Waals surface area contributed by atoms with E-state index in [0.29, 0.717) is 0 Å². The van der Waals surface area contributed by atoms with E-state index in [1.165, 1.54) is 0 Å². The van der Waals surface area contributed by atoms with E-state index < -0.39 is 22.0 Å². The molecule has 0 spiro atoms. The zero-order chi connectivity index (χ0) is 7.15. The van der Waals surface area contributed by atoms with Gasteiger partial charge in [-0.1, -0.05) is 0 Å². The van der Waals surface area contributed by atoms with E-state index in [2.05, 4.69) is 0 Å². The molecule has 8 heavy (non-hydrogen) atoms. The van der Waals surface area contributed by atoms with Crippen molar-refractivity contribution in [1.82, 2.24) is 0 Å². The van der Waals surface area contributed by atoms with Gasteiger partial charge in [-0.15, -0.1) is 0 Å². The monoisotopic (exact) mass is 215 g/mol. The van der Waals surface area contributed by atoms with E-state index >= 15 is 0 Å². The average Bonchev–Trinajstić information content (AvgIpc) is 1.25. The summed E-state index contributed by atoms with van der Waals surface area (Å²) in [6, 6.07) is 0. The fourth-order valence-electron chi connectivity index (χ4n) is 0. The first-order chi connectivity index (χ1) is 3.46. The van der Waals surface area contributed by atoms with E-state index in [-0.39, 0.29) is 0 Å². The van der Waals surface area contributed by atoms with Crippen molar-refractivity contribution in [2.75, 3.05) is 0 Å². The molecule has 0 aromatic rings. The standard InChI is InChI=1S/BH3O3.3ClH.Ti/c2-1(3)4;;;;/h2-4H;3*1H;/q;;;;+3/p-3. The molecule has 0 aliphatic heterocycles. The number of halogens is 3. The van der Waals surface area contributed by atoms with Crippen molar-refractivity contribution in [3.8, 4) is 0 Å². The summed E-state index contributed by atoms with van der Waals surface area (Å²) >= 11 is -1.92. The van der Waals surface area contributed by atoms with Crippen molar-refractivity contribution >= 4 is 35.2 Å².